The lowest BCUT2D eigenvalue weighted by atomic mass is 10.1. The highest BCUT2D eigenvalue weighted by molar-refractivity contribution is 5.96. The van der Waals surface area contributed by atoms with E-state index in [-0.39, 0.29) is 6.10 Å². The lowest BCUT2D eigenvalue weighted by Crippen LogP contribution is -2.17. The Balaban J connectivity index is 2.72. The van der Waals surface area contributed by atoms with Gasteiger partial charge in [0.15, 0.2) is 0 Å². The first kappa shape index (κ1) is 15.5. The third-order valence-electron chi connectivity index (χ3n) is 2.65. The van der Waals surface area contributed by atoms with E-state index >= 15 is 0 Å². The summed E-state index contributed by atoms with van der Waals surface area (Å²) in [5, 5.41) is 0. The van der Waals surface area contributed by atoms with Gasteiger partial charge in [-0.3, -0.25) is 0 Å². The number of nitrogen functional groups attached to an aromatic ring is 1. The van der Waals surface area contributed by atoms with Crippen LogP contribution in [0.5, 0.6) is 0 Å². The van der Waals surface area contributed by atoms with Crippen molar-refractivity contribution < 1.29 is 19.0 Å². The zero-order valence-electron chi connectivity index (χ0n) is 11.6. The first-order valence-corrected chi connectivity index (χ1v) is 6.25. The SMILES string of the molecule is CCOCC(C)OCc1cccc(N)c1C(=O)OC. The van der Waals surface area contributed by atoms with Crippen molar-refractivity contribution in [2.75, 3.05) is 26.1 Å². The van der Waals surface area contributed by atoms with Crippen LogP contribution in [0.4, 0.5) is 5.69 Å². The maximum Gasteiger partial charge on any atom is 0.340 e. The summed E-state index contributed by atoms with van der Waals surface area (Å²) in [7, 11) is 1.33. The van der Waals surface area contributed by atoms with Crippen molar-refractivity contribution in [1.29, 1.82) is 0 Å². The lowest BCUT2D eigenvalue weighted by Gasteiger charge is -2.15. The van der Waals surface area contributed by atoms with Gasteiger partial charge in [0.05, 0.1) is 32.0 Å². The molecule has 1 atom stereocenters. The molecule has 1 aromatic carbocycles. The van der Waals surface area contributed by atoms with Gasteiger partial charge < -0.3 is 19.9 Å². The summed E-state index contributed by atoms with van der Waals surface area (Å²) >= 11 is 0. The number of anilines is 1. The number of rotatable bonds is 7. The van der Waals surface area contributed by atoms with Crippen LogP contribution in [0.3, 0.4) is 0 Å². The zero-order chi connectivity index (χ0) is 14.3. The Hall–Kier alpha value is -1.59. The van der Waals surface area contributed by atoms with Crippen LogP contribution in [0, 0.1) is 0 Å². The summed E-state index contributed by atoms with van der Waals surface area (Å²) in [4.78, 5) is 11.7. The molecule has 0 heterocycles. The molecule has 0 saturated heterocycles. The van der Waals surface area contributed by atoms with Crippen molar-refractivity contribution in [3.8, 4) is 0 Å². The fourth-order valence-electron chi connectivity index (χ4n) is 1.66. The van der Waals surface area contributed by atoms with Crippen LogP contribution >= 0.6 is 0 Å². The minimum absolute atomic E-state index is 0.0492. The molecule has 0 aliphatic carbocycles. The zero-order valence-corrected chi connectivity index (χ0v) is 11.6. The van der Waals surface area contributed by atoms with Crippen LogP contribution in [-0.2, 0) is 20.8 Å². The Bertz CT molecular complexity index is 420. The molecule has 5 nitrogen and oxygen atoms in total. The molecule has 0 radical (unpaired) electrons. The second-order valence-corrected chi connectivity index (χ2v) is 4.15. The highest BCUT2D eigenvalue weighted by Crippen LogP contribution is 2.19. The molecular weight excluding hydrogens is 246 g/mol. The molecule has 19 heavy (non-hydrogen) atoms. The van der Waals surface area contributed by atoms with Crippen molar-refractivity contribution in [3.63, 3.8) is 0 Å². The number of hydrogen-bond donors (Lipinski definition) is 1. The quantitative estimate of drug-likeness (QED) is 0.604. The molecule has 1 unspecified atom stereocenters. The van der Waals surface area contributed by atoms with E-state index in [0.717, 1.165) is 5.56 Å². The number of nitrogens with two attached hydrogens (primary N) is 1. The molecule has 1 rings (SSSR count). The average Bonchev–Trinajstić information content (AvgIpc) is 2.42. The van der Waals surface area contributed by atoms with Crippen molar-refractivity contribution >= 4 is 11.7 Å². The number of ether oxygens (including phenoxy) is 3. The van der Waals surface area contributed by atoms with Gasteiger partial charge in [0.1, 0.15) is 0 Å². The summed E-state index contributed by atoms with van der Waals surface area (Å²) in [5.74, 6) is -0.450. The predicted octanol–water partition coefficient (Wildman–Crippen LogP) is 2.00. The summed E-state index contributed by atoms with van der Waals surface area (Å²) in [5.41, 5.74) is 7.28. The number of carbonyl (C=O) groups is 1. The van der Waals surface area contributed by atoms with Gasteiger partial charge in [0.2, 0.25) is 0 Å². The van der Waals surface area contributed by atoms with Crippen LogP contribution in [0.15, 0.2) is 18.2 Å². The molecule has 0 aliphatic heterocycles. The normalized spacial score (nSPS) is 12.2. The van der Waals surface area contributed by atoms with Crippen LogP contribution in [-0.4, -0.2) is 32.4 Å². The van der Waals surface area contributed by atoms with Crippen molar-refractivity contribution in [1.82, 2.24) is 0 Å². The minimum atomic E-state index is -0.450. The molecule has 0 saturated carbocycles. The molecule has 5 heteroatoms. The van der Waals surface area contributed by atoms with Gasteiger partial charge in [-0.2, -0.15) is 0 Å². The van der Waals surface area contributed by atoms with Crippen LogP contribution < -0.4 is 5.73 Å². The minimum Gasteiger partial charge on any atom is -0.465 e. The first-order valence-electron chi connectivity index (χ1n) is 6.25. The summed E-state index contributed by atoms with van der Waals surface area (Å²) in [6, 6.07) is 5.25. The highest BCUT2D eigenvalue weighted by atomic mass is 16.5. The van der Waals surface area contributed by atoms with E-state index in [9.17, 15) is 4.79 Å². The van der Waals surface area contributed by atoms with E-state index in [4.69, 9.17) is 19.9 Å². The molecule has 106 valence electrons. The maximum absolute atomic E-state index is 11.7. The third kappa shape index (κ3) is 4.54. The van der Waals surface area contributed by atoms with Crippen LogP contribution in [0.25, 0.3) is 0 Å². The van der Waals surface area contributed by atoms with E-state index < -0.39 is 5.97 Å². The van der Waals surface area contributed by atoms with E-state index in [1.54, 1.807) is 18.2 Å². The Morgan fingerprint density at radius 2 is 2.16 bits per heavy atom. The molecule has 0 fully saturated rings. The molecule has 0 aromatic heterocycles. The van der Waals surface area contributed by atoms with Crippen molar-refractivity contribution in [2.24, 2.45) is 0 Å². The average molecular weight is 267 g/mol. The number of benzene rings is 1. The number of hydrogen-bond acceptors (Lipinski definition) is 5. The number of methoxy groups -OCH3 is 1. The van der Waals surface area contributed by atoms with E-state index in [0.29, 0.717) is 31.1 Å². The fraction of sp³-hybridized carbons (Fsp3) is 0.500. The van der Waals surface area contributed by atoms with Gasteiger partial charge in [0, 0.05) is 12.3 Å². The monoisotopic (exact) mass is 267 g/mol. The van der Waals surface area contributed by atoms with E-state index in [2.05, 4.69) is 0 Å². The second-order valence-electron chi connectivity index (χ2n) is 4.15. The summed E-state index contributed by atoms with van der Waals surface area (Å²) in [6.07, 6.45) is -0.0492. The van der Waals surface area contributed by atoms with Crippen molar-refractivity contribution in [3.05, 3.63) is 29.3 Å². The van der Waals surface area contributed by atoms with Gasteiger partial charge in [-0.25, -0.2) is 4.79 Å². The molecule has 0 spiro atoms. The highest BCUT2D eigenvalue weighted by Gasteiger charge is 2.16. The Labute approximate surface area is 113 Å². The molecule has 0 bridgehead atoms. The summed E-state index contributed by atoms with van der Waals surface area (Å²) in [6.45, 7) is 5.31. The second kappa shape index (κ2) is 7.76. The van der Waals surface area contributed by atoms with E-state index in [1.165, 1.54) is 7.11 Å². The van der Waals surface area contributed by atoms with Gasteiger partial charge in [-0.05, 0) is 25.5 Å². The Morgan fingerprint density at radius 1 is 1.42 bits per heavy atom. The largest absolute Gasteiger partial charge is 0.465 e. The molecule has 1 aromatic rings. The van der Waals surface area contributed by atoms with Gasteiger partial charge in [-0.1, -0.05) is 12.1 Å². The Kier molecular flexibility index (Phi) is 6.32. The molecule has 0 amide bonds. The summed E-state index contributed by atoms with van der Waals surface area (Å²) < 4.78 is 15.6. The first-order chi connectivity index (χ1) is 9.10. The maximum atomic E-state index is 11.7. The molecular formula is C14H21NO4. The van der Waals surface area contributed by atoms with Crippen LogP contribution in [0.2, 0.25) is 0 Å². The molecule has 0 aliphatic rings. The van der Waals surface area contributed by atoms with Gasteiger partial charge in [0.25, 0.3) is 0 Å². The fourth-order valence-corrected chi connectivity index (χ4v) is 1.66. The predicted molar refractivity (Wildman–Crippen MR) is 72.9 cm³/mol. The number of carbonyl (C=O) groups excluding carboxylic acids is 1. The Morgan fingerprint density at radius 3 is 2.79 bits per heavy atom. The number of esters is 1. The van der Waals surface area contributed by atoms with Crippen LogP contribution in [0.1, 0.15) is 29.8 Å². The molecule has 2 N–H and O–H groups in total. The smallest absolute Gasteiger partial charge is 0.340 e. The third-order valence-corrected chi connectivity index (χ3v) is 2.65. The van der Waals surface area contributed by atoms with E-state index in [1.807, 2.05) is 13.8 Å². The van der Waals surface area contributed by atoms with Gasteiger partial charge in [-0.15, -0.1) is 0 Å². The van der Waals surface area contributed by atoms with Gasteiger partial charge >= 0.3 is 5.97 Å². The van der Waals surface area contributed by atoms with Crippen molar-refractivity contribution in [2.45, 2.75) is 26.6 Å². The standard InChI is InChI=1S/C14H21NO4/c1-4-18-8-10(2)19-9-11-6-5-7-12(15)13(11)14(16)17-3/h5-7,10H,4,8-9,15H2,1-3H3. The topological polar surface area (TPSA) is 70.8 Å². The lowest BCUT2D eigenvalue weighted by molar-refractivity contribution is -0.0120.